The summed E-state index contributed by atoms with van der Waals surface area (Å²) in [6.45, 7) is 1.17. The Hall–Kier alpha value is -2.58. The van der Waals surface area contributed by atoms with Crippen LogP contribution in [0.2, 0.25) is 0 Å². The Kier molecular flexibility index (Phi) is 9.53. The number of hydrogen-bond acceptors (Lipinski definition) is 8. The topological polar surface area (TPSA) is 188 Å². The number of amides is 3. The SMILES string of the molecule is CC1=C(C(=O)O)N2C(=O)[C@@H](NC(=O)Cc3ccc(NC(=O)OC[C@@H](N)C(=O)O)cc3)[C@H]2SC1.[H-].[Na+]. The normalized spacial score (nSPS) is 19.7. The zero-order valence-corrected chi connectivity index (χ0v) is 21.3. The molecule has 0 aromatic heterocycles. The molecule has 1 aromatic rings. The third kappa shape index (κ3) is 6.30. The number of hydrogen-bond donors (Lipinski definition) is 5. The first-order valence-corrected chi connectivity index (χ1v) is 10.8. The Morgan fingerprint density at radius 2 is 1.91 bits per heavy atom. The molecule has 1 fully saturated rings. The number of benzene rings is 1. The summed E-state index contributed by atoms with van der Waals surface area (Å²) in [6.07, 6.45) is -0.903. The van der Waals surface area contributed by atoms with Crippen molar-refractivity contribution in [2.45, 2.75) is 30.8 Å². The first kappa shape index (κ1) is 27.7. The van der Waals surface area contributed by atoms with Gasteiger partial charge in [0, 0.05) is 11.4 Å². The average Bonchev–Trinajstić information content (AvgIpc) is 2.76. The van der Waals surface area contributed by atoms with Crippen molar-refractivity contribution in [1.29, 1.82) is 0 Å². The molecule has 14 heteroatoms. The van der Waals surface area contributed by atoms with E-state index in [2.05, 4.69) is 10.6 Å². The fraction of sp³-hybridized carbons (Fsp3) is 0.350. The van der Waals surface area contributed by atoms with Crippen LogP contribution in [0.3, 0.4) is 0 Å². The number of carbonyl (C=O) groups is 5. The number of fused-ring (bicyclic) bond motifs is 1. The molecular formula is C20H23N4NaO8S. The van der Waals surface area contributed by atoms with E-state index in [-0.39, 0.29) is 43.1 Å². The van der Waals surface area contributed by atoms with Crippen molar-refractivity contribution in [3.63, 3.8) is 0 Å². The molecule has 0 radical (unpaired) electrons. The Balaban J connectivity index is 0.00000306. The molecule has 6 N–H and O–H groups in total. The summed E-state index contributed by atoms with van der Waals surface area (Å²) >= 11 is 1.39. The van der Waals surface area contributed by atoms with Gasteiger partial charge in [-0.1, -0.05) is 12.1 Å². The number of rotatable bonds is 8. The Labute approximate surface area is 222 Å². The second kappa shape index (κ2) is 11.7. The number of thioether (sulfide) groups is 1. The van der Waals surface area contributed by atoms with Crippen LogP contribution in [-0.4, -0.2) is 74.8 Å². The van der Waals surface area contributed by atoms with Crippen molar-refractivity contribution >= 4 is 47.3 Å². The monoisotopic (exact) mass is 502 g/mol. The summed E-state index contributed by atoms with van der Waals surface area (Å²) in [5.74, 6) is -2.87. The van der Waals surface area contributed by atoms with Gasteiger partial charge < -0.3 is 27.4 Å². The summed E-state index contributed by atoms with van der Waals surface area (Å²) in [5, 5.41) is 22.6. The molecule has 34 heavy (non-hydrogen) atoms. The first-order valence-electron chi connectivity index (χ1n) is 9.76. The number of nitrogens with one attached hydrogen (secondary N) is 2. The van der Waals surface area contributed by atoms with Crippen molar-refractivity contribution in [3.05, 3.63) is 41.1 Å². The molecule has 1 saturated heterocycles. The van der Waals surface area contributed by atoms with Crippen LogP contribution in [-0.2, 0) is 30.3 Å². The minimum atomic E-state index is -1.32. The van der Waals surface area contributed by atoms with E-state index in [4.69, 9.17) is 15.6 Å². The molecular weight excluding hydrogens is 479 g/mol. The Morgan fingerprint density at radius 3 is 2.50 bits per heavy atom. The molecule has 1 aromatic carbocycles. The van der Waals surface area contributed by atoms with E-state index in [1.165, 1.54) is 28.8 Å². The molecule has 0 spiro atoms. The maximum Gasteiger partial charge on any atom is 1.00 e. The van der Waals surface area contributed by atoms with Gasteiger partial charge in [0.05, 0.1) is 6.42 Å². The smallest absolute Gasteiger partial charge is 1.00 e. The fourth-order valence-corrected chi connectivity index (χ4v) is 4.57. The van der Waals surface area contributed by atoms with Crippen LogP contribution in [0.25, 0.3) is 0 Å². The molecule has 2 aliphatic rings. The van der Waals surface area contributed by atoms with E-state index in [1.54, 1.807) is 19.1 Å². The van der Waals surface area contributed by atoms with Gasteiger partial charge in [0.15, 0.2) is 0 Å². The number of carboxylic acid groups (broad SMARTS) is 2. The Morgan fingerprint density at radius 1 is 1.26 bits per heavy atom. The minimum absolute atomic E-state index is 0. The predicted molar refractivity (Wildman–Crippen MR) is 117 cm³/mol. The number of anilines is 1. The van der Waals surface area contributed by atoms with Crippen LogP contribution in [0.5, 0.6) is 0 Å². The Bertz CT molecular complexity index is 1040. The first-order chi connectivity index (χ1) is 15.6. The van der Waals surface area contributed by atoms with Crippen LogP contribution in [0.4, 0.5) is 10.5 Å². The van der Waals surface area contributed by atoms with Gasteiger partial charge in [0.1, 0.15) is 29.8 Å². The maximum atomic E-state index is 12.4. The van der Waals surface area contributed by atoms with Gasteiger partial charge in [-0.3, -0.25) is 24.6 Å². The molecule has 3 atom stereocenters. The molecule has 0 saturated carbocycles. The maximum absolute atomic E-state index is 12.4. The molecule has 2 heterocycles. The number of ether oxygens (including phenoxy) is 1. The molecule has 3 rings (SSSR count). The van der Waals surface area contributed by atoms with Crippen molar-refractivity contribution in [2.75, 3.05) is 17.7 Å². The van der Waals surface area contributed by atoms with Crippen molar-refractivity contribution < 1.29 is 69.9 Å². The van der Waals surface area contributed by atoms with Gasteiger partial charge in [0.2, 0.25) is 5.91 Å². The quantitative estimate of drug-likeness (QED) is 0.182. The summed E-state index contributed by atoms with van der Waals surface area (Å²) in [6, 6.07) is 4.13. The number of carboxylic acids is 2. The van der Waals surface area contributed by atoms with E-state index < -0.39 is 53.9 Å². The van der Waals surface area contributed by atoms with E-state index in [0.717, 1.165) is 0 Å². The molecule has 0 aliphatic carbocycles. The van der Waals surface area contributed by atoms with E-state index in [1.807, 2.05) is 0 Å². The third-order valence-electron chi connectivity index (χ3n) is 4.95. The van der Waals surface area contributed by atoms with Gasteiger partial charge in [-0.25, -0.2) is 9.59 Å². The summed E-state index contributed by atoms with van der Waals surface area (Å²) in [7, 11) is 0. The standard InChI is InChI=1S/C20H22N4O8S.Na.H/c1-9-8-33-17-14(16(26)24(17)15(9)19(29)30)23-13(25)6-10-2-4-11(5-3-10)22-20(31)32-7-12(21)18(27)28;;/h2-5,12,14,17H,6-8,21H2,1H3,(H,22,31)(H,23,25)(H,27,28)(H,29,30);;/q;+1;-1/t12-,14-,17-;;/m1../s1. The fourth-order valence-electron chi connectivity index (χ4n) is 3.28. The van der Waals surface area contributed by atoms with Crippen LogP contribution in [0.15, 0.2) is 35.5 Å². The number of nitrogens with two attached hydrogens (primary N) is 1. The third-order valence-corrected chi connectivity index (χ3v) is 6.38. The van der Waals surface area contributed by atoms with E-state index >= 15 is 0 Å². The van der Waals surface area contributed by atoms with Gasteiger partial charge in [-0.2, -0.15) is 0 Å². The molecule has 2 aliphatic heterocycles. The van der Waals surface area contributed by atoms with Gasteiger partial charge >= 0.3 is 47.6 Å². The zero-order valence-electron chi connectivity index (χ0n) is 19.4. The summed E-state index contributed by atoms with van der Waals surface area (Å²) in [5.41, 5.74) is 6.80. The van der Waals surface area contributed by atoms with Crippen LogP contribution < -0.4 is 45.9 Å². The van der Waals surface area contributed by atoms with Crippen LogP contribution >= 0.6 is 11.8 Å². The van der Waals surface area contributed by atoms with Crippen molar-refractivity contribution in [2.24, 2.45) is 5.73 Å². The number of β-lactam (4-membered cyclic amide) rings is 1. The molecule has 12 nitrogen and oxygen atoms in total. The summed E-state index contributed by atoms with van der Waals surface area (Å²) in [4.78, 5) is 59.8. The summed E-state index contributed by atoms with van der Waals surface area (Å²) < 4.78 is 4.71. The minimum Gasteiger partial charge on any atom is -1.00 e. The van der Waals surface area contributed by atoms with E-state index in [0.29, 0.717) is 22.6 Å². The molecule has 178 valence electrons. The van der Waals surface area contributed by atoms with E-state index in [9.17, 15) is 29.1 Å². The largest absolute Gasteiger partial charge is 1.00 e. The number of aliphatic carboxylic acids is 2. The number of carbonyl (C=O) groups excluding carboxylic acids is 3. The average molecular weight is 502 g/mol. The second-order valence-corrected chi connectivity index (χ2v) is 8.54. The van der Waals surface area contributed by atoms with Crippen LogP contribution in [0.1, 0.15) is 13.9 Å². The van der Waals surface area contributed by atoms with Gasteiger partial charge in [-0.15, -0.1) is 11.8 Å². The van der Waals surface area contributed by atoms with Gasteiger partial charge in [0.25, 0.3) is 5.91 Å². The van der Waals surface area contributed by atoms with Crippen molar-refractivity contribution in [1.82, 2.24) is 10.2 Å². The predicted octanol–water partition coefficient (Wildman–Crippen LogP) is -2.94. The second-order valence-electron chi connectivity index (χ2n) is 7.43. The zero-order chi connectivity index (χ0) is 24.3. The molecule has 0 bridgehead atoms. The van der Waals surface area contributed by atoms with Gasteiger partial charge in [-0.05, 0) is 30.2 Å². The van der Waals surface area contributed by atoms with Crippen LogP contribution in [0, 0.1) is 0 Å². The molecule has 3 amide bonds. The number of nitrogens with zero attached hydrogens (tertiary/aromatic N) is 1. The molecule has 0 unspecified atom stereocenters. The van der Waals surface area contributed by atoms with Crippen molar-refractivity contribution in [3.8, 4) is 0 Å².